The number of carbonyl (C=O) groups is 1. The van der Waals surface area contributed by atoms with Crippen molar-refractivity contribution in [2.45, 2.75) is 19.9 Å². The smallest absolute Gasteiger partial charge is 0.247 e. The van der Waals surface area contributed by atoms with Crippen molar-refractivity contribution >= 4 is 38.9 Å². The van der Waals surface area contributed by atoms with Gasteiger partial charge in [0.2, 0.25) is 15.9 Å². The third-order valence-corrected chi connectivity index (χ3v) is 5.07. The molecule has 25 heavy (non-hydrogen) atoms. The van der Waals surface area contributed by atoms with E-state index in [0.29, 0.717) is 22.0 Å². The molecule has 0 aromatic heterocycles. The Bertz CT molecular complexity index is 885. The Kier molecular flexibility index (Phi) is 5.69. The maximum absolute atomic E-state index is 13.0. The highest BCUT2D eigenvalue weighted by atomic mass is 35.5. The third kappa shape index (κ3) is 4.70. The van der Waals surface area contributed by atoms with Gasteiger partial charge >= 0.3 is 0 Å². The Labute approximate surface area is 151 Å². The molecule has 0 unspecified atom stereocenters. The first kappa shape index (κ1) is 19.2. The molecule has 0 heterocycles. The Morgan fingerprint density at radius 2 is 1.80 bits per heavy atom. The molecule has 0 radical (unpaired) electrons. The van der Waals surface area contributed by atoms with Gasteiger partial charge in [0.05, 0.1) is 11.9 Å². The number of aryl methyl sites for hydroxylation is 1. The van der Waals surface area contributed by atoms with Crippen molar-refractivity contribution in [3.05, 3.63) is 58.9 Å². The van der Waals surface area contributed by atoms with Crippen molar-refractivity contribution in [1.82, 2.24) is 0 Å². The summed E-state index contributed by atoms with van der Waals surface area (Å²) in [6.07, 6.45) is 1.02. The van der Waals surface area contributed by atoms with Crippen LogP contribution in [0.15, 0.2) is 42.5 Å². The van der Waals surface area contributed by atoms with Gasteiger partial charge in [-0.3, -0.25) is 9.10 Å². The molecule has 0 aliphatic carbocycles. The van der Waals surface area contributed by atoms with Crippen LogP contribution in [0.3, 0.4) is 0 Å². The number of hydrogen-bond acceptors (Lipinski definition) is 3. The average molecular weight is 385 g/mol. The van der Waals surface area contributed by atoms with E-state index < -0.39 is 27.8 Å². The van der Waals surface area contributed by atoms with Gasteiger partial charge in [-0.2, -0.15) is 0 Å². The van der Waals surface area contributed by atoms with Gasteiger partial charge in [0.25, 0.3) is 0 Å². The summed E-state index contributed by atoms with van der Waals surface area (Å²) in [4.78, 5) is 12.5. The zero-order valence-corrected chi connectivity index (χ0v) is 15.5. The fourth-order valence-electron chi connectivity index (χ4n) is 2.38. The lowest BCUT2D eigenvalue weighted by atomic mass is 10.1. The van der Waals surface area contributed by atoms with E-state index in [4.69, 9.17) is 11.6 Å². The zero-order chi connectivity index (χ0) is 18.8. The van der Waals surface area contributed by atoms with E-state index in [9.17, 15) is 17.6 Å². The van der Waals surface area contributed by atoms with E-state index in [1.807, 2.05) is 0 Å². The Balaban J connectivity index is 2.36. The number of benzene rings is 2. The maximum atomic E-state index is 13.0. The summed E-state index contributed by atoms with van der Waals surface area (Å²) in [5.74, 6) is -0.977. The van der Waals surface area contributed by atoms with Gasteiger partial charge in [-0.25, -0.2) is 12.8 Å². The van der Waals surface area contributed by atoms with E-state index in [-0.39, 0.29) is 0 Å². The maximum Gasteiger partial charge on any atom is 0.247 e. The van der Waals surface area contributed by atoms with Crippen LogP contribution in [0.1, 0.15) is 12.5 Å². The van der Waals surface area contributed by atoms with Gasteiger partial charge in [0, 0.05) is 10.7 Å². The summed E-state index contributed by atoms with van der Waals surface area (Å²) in [7, 11) is -3.75. The van der Waals surface area contributed by atoms with Gasteiger partial charge in [-0.1, -0.05) is 17.7 Å². The Morgan fingerprint density at radius 3 is 2.36 bits per heavy atom. The quantitative estimate of drug-likeness (QED) is 0.856. The van der Waals surface area contributed by atoms with Crippen LogP contribution < -0.4 is 9.62 Å². The molecule has 0 saturated carbocycles. The van der Waals surface area contributed by atoms with Crippen LogP contribution in [-0.4, -0.2) is 26.6 Å². The van der Waals surface area contributed by atoms with Gasteiger partial charge in [0.15, 0.2) is 0 Å². The predicted molar refractivity (Wildman–Crippen MR) is 98.0 cm³/mol. The molecular formula is C17H18ClFN2O3S. The molecule has 2 aromatic carbocycles. The van der Waals surface area contributed by atoms with Crippen molar-refractivity contribution in [3.63, 3.8) is 0 Å². The number of rotatable bonds is 5. The van der Waals surface area contributed by atoms with Crippen LogP contribution in [0.25, 0.3) is 0 Å². The lowest BCUT2D eigenvalue weighted by molar-refractivity contribution is -0.116. The minimum atomic E-state index is -3.75. The molecule has 2 aromatic rings. The molecule has 2 rings (SSSR count). The number of halogens is 2. The fraction of sp³-hybridized carbons (Fsp3) is 0.235. The summed E-state index contributed by atoms with van der Waals surface area (Å²) in [6, 6.07) is 9.00. The standard InChI is InChI=1S/C17H18ClFN2O3S/c1-11-4-5-13(18)10-16(11)21(25(3,23)24)12(2)17(22)20-15-8-6-14(19)7-9-15/h4-10,12H,1-3H3,(H,20,22)/t12-/m0/s1. The minimum absolute atomic E-state index is 0.330. The molecule has 0 aliphatic rings. The molecule has 0 spiro atoms. The summed E-state index contributed by atoms with van der Waals surface area (Å²) in [5.41, 5.74) is 1.36. The minimum Gasteiger partial charge on any atom is -0.324 e. The lowest BCUT2D eigenvalue weighted by Crippen LogP contribution is -2.45. The molecule has 5 nitrogen and oxygen atoms in total. The van der Waals surface area contributed by atoms with E-state index >= 15 is 0 Å². The third-order valence-electron chi connectivity index (χ3n) is 3.61. The van der Waals surface area contributed by atoms with Crippen LogP contribution in [0.4, 0.5) is 15.8 Å². The van der Waals surface area contributed by atoms with Crippen molar-refractivity contribution in [1.29, 1.82) is 0 Å². The average Bonchev–Trinajstić information content (AvgIpc) is 2.51. The molecule has 8 heteroatoms. The van der Waals surface area contributed by atoms with E-state index in [1.54, 1.807) is 19.1 Å². The monoisotopic (exact) mass is 384 g/mol. The van der Waals surface area contributed by atoms with Crippen molar-refractivity contribution in [2.24, 2.45) is 0 Å². The zero-order valence-electron chi connectivity index (χ0n) is 14.0. The summed E-state index contributed by atoms with van der Waals surface area (Å²) >= 11 is 5.98. The highest BCUT2D eigenvalue weighted by Gasteiger charge is 2.30. The van der Waals surface area contributed by atoms with Crippen LogP contribution >= 0.6 is 11.6 Å². The second kappa shape index (κ2) is 7.41. The van der Waals surface area contributed by atoms with Crippen LogP contribution in [0.5, 0.6) is 0 Å². The van der Waals surface area contributed by atoms with E-state index in [0.717, 1.165) is 10.6 Å². The second-order valence-electron chi connectivity index (χ2n) is 5.66. The fourth-order valence-corrected chi connectivity index (χ4v) is 3.77. The largest absolute Gasteiger partial charge is 0.324 e. The van der Waals surface area contributed by atoms with Gasteiger partial charge in [0.1, 0.15) is 11.9 Å². The van der Waals surface area contributed by atoms with Crippen LogP contribution in [0.2, 0.25) is 5.02 Å². The normalized spacial score (nSPS) is 12.5. The topological polar surface area (TPSA) is 66.5 Å². The first-order valence-electron chi connectivity index (χ1n) is 7.41. The first-order chi connectivity index (χ1) is 11.6. The molecule has 0 saturated heterocycles. The lowest BCUT2D eigenvalue weighted by Gasteiger charge is -2.29. The van der Waals surface area contributed by atoms with E-state index in [1.165, 1.54) is 37.3 Å². The van der Waals surface area contributed by atoms with Crippen molar-refractivity contribution in [3.8, 4) is 0 Å². The summed E-state index contributed by atoms with van der Waals surface area (Å²) in [5, 5.41) is 2.94. The Hall–Kier alpha value is -2.12. The molecule has 1 atom stereocenters. The molecule has 0 fully saturated rings. The number of anilines is 2. The number of hydrogen-bond donors (Lipinski definition) is 1. The van der Waals surface area contributed by atoms with Crippen LogP contribution in [0, 0.1) is 12.7 Å². The van der Waals surface area contributed by atoms with Gasteiger partial charge in [-0.05, 0) is 55.8 Å². The number of sulfonamides is 1. The molecule has 0 aliphatic heterocycles. The summed E-state index contributed by atoms with van der Waals surface area (Å²) in [6.45, 7) is 3.20. The van der Waals surface area contributed by atoms with Crippen molar-refractivity contribution < 1.29 is 17.6 Å². The van der Waals surface area contributed by atoms with E-state index in [2.05, 4.69) is 5.32 Å². The van der Waals surface area contributed by atoms with Crippen molar-refractivity contribution in [2.75, 3.05) is 15.9 Å². The molecule has 134 valence electrons. The molecular weight excluding hydrogens is 367 g/mol. The Morgan fingerprint density at radius 1 is 1.20 bits per heavy atom. The number of carbonyl (C=O) groups excluding carboxylic acids is 1. The second-order valence-corrected chi connectivity index (χ2v) is 7.96. The summed E-state index contributed by atoms with van der Waals surface area (Å²) < 4.78 is 38.6. The van der Waals surface area contributed by atoms with Gasteiger partial charge < -0.3 is 5.32 Å². The van der Waals surface area contributed by atoms with Crippen LogP contribution in [-0.2, 0) is 14.8 Å². The molecule has 1 N–H and O–H groups in total. The molecule has 0 bridgehead atoms. The SMILES string of the molecule is Cc1ccc(Cl)cc1N([C@@H](C)C(=O)Nc1ccc(F)cc1)S(C)(=O)=O. The highest BCUT2D eigenvalue weighted by Crippen LogP contribution is 2.28. The number of amides is 1. The number of nitrogens with zero attached hydrogens (tertiary/aromatic N) is 1. The number of nitrogens with one attached hydrogen (secondary N) is 1. The first-order valence-corrected chi connectivity index (χ1v) is 9.64. The predicted octanol–water partition coefficient (Wildman–Crippen LogP) is 3.58. The van der Waals surface area contributed by atoms with Gasteiger partial charge in [-0.15, -0.1) is 0 Å². The molecule has 1 amide bonds. The highest BCUT2D eigenvalue weighted by molar-refractivity contribution is 7.92.